The van der Waals surface area contributed by atoms with Gasteiger partial charge in [-0.05, 0) is 30.4 Å². The van der Waals surface area contributed by atoms with E-state index in [0.29, 0.717) is 15.2 Å². The van der Waals surface area contributed by atoms with E-state index in [9.17, 15) is 0 Å². The first-order valence-corrected chi connectivity index (χ1v) is 8.23. The molecule has 0 unspecified atom stereocenters. The number of anilines is 1. The van der Waals surface area contributed by atoms with Gasteiger partial charge in [0.2, 0.25) is 0 Å². The van der Waals surface area contributed by atoms with Gasteiger partial charge in [0.1, 0.15) is 13.1 Å². The molecule has 0 amide bonds. The number of morpholine rings is 1. The third-order valence-corrected chi connectivity index (χ3v) is 4.17. The average Bonchev–Trinajstić information content (AvgIpc) is 2.48. The van der Waals surface area contributed by atoms with Crippen LogP contribution in [0.15, 0.2) is 18.2 Å². The lowest BCUT2D eigenvalue weighted by atomic mass is 10.3. The predicted molar refractivity (Wildman–Crippen MR) is 91.7 cm³/mol. The van der Waals surface area contributed by atoms with Crippen molar-refractivity contribution >= 4 is 46.2 Å². The van der Waals surface area contributed by atoms with Crippen LogP contribution < -0.4 is 15.5 Å². The predicted octanol–water partition coefficient (Wildman–Crippen LogP) is 1.58. The summed E-state index contributed by atoms with van der Waals surface area (Å²) < 4.78 is 5.34. The van der Waals surface area contributed by atoms with Gasteiger partial charge in [-0.25, -0.2) is 0 Å². The van der Waals surface area contributed by atoms with E-state index in [1.165, 1.54) is 0 Å². The molecule has 1 aliphatic rings. The summed E-state index contributed by atoms with van der Waals surface area (Å²) in [5, 5.41) is 8.02. The third kappa shape index (κ3) is 5.96. The van der Waals surface area contributed by atoms with E-state index in [4.69, 9.17) is 40.2 Å². The minimum Gasteiger partial charge on any atom is -0.370 e. The second-order valence-corrected chi connectivity index (χ2v) is 6.22. The third-order valence-electron chi connectivity index (χ3n) is 3.37. The number of halogens is 2. The molecule has 0 radical (unpaired) electrons. The number of hydrogen-bond donors (Lipinski definition) is 3. The van der Waals surface area contributed by atoms with Crippen LogP contribution >= 0.6 is 35.4 Å². The van der Waals surface area contributed by atoms with Gasteiger partial charge in [-0.15, -0.1) is 0 Å². The molecule has 4 nitrogen and oxygen atoms in total. The molecule has 1 aromatic rings. The topological polar surface area (TPSA) is 37.7 Å². The molecule has 116 valence electrons. The van der Waals surface area contributed by atoms with E-state index in [1.807, 2.05) is 6.07 Å². The zero-order valence-electron chi connectivity index (χ0n) is 11.8. The summed E-state index contributed by atoms with van der Waals surface area (Å²) in [6, 6.07) is 5.28. The Balaban J connectivity index is 1.65. The van der Waals surface area contributed by atoms with Crippen molar-refractivity contribution in [1.82, 2.24) is 5.32 Å². The highest BCUT2D eigenvalue weighted by molar-refractivity contribution is 7.80. The van der Waals surface area contributed by atoms with Crippen LogP contribution in [-0.2, 0) is 4.74 Å². The van der Waals surface area contributed by atoms with E-state index in [0.717, 1.165) is 51.5 Å². The molecule has 0 bridgehead atoms. The molecule has 0 aliphatic carbocycles. The van der Waals surface area contributed by atoms with Crippen LogP contribution in [0.2, 0.25) is 10.0 Å². The number of quaternary nitrogens is 1. The molecule has 0 atom stereocenters. The Hall–Kier alpha value is -0.590. The van der Waals surface area contributed by atoms with Gasteiger partial charge in [-0.3, -0.25) is 0 Å². The summed E-state index contributed by atoms with van der Waals surface area (Å²) in [6.45, 7) is 5.93. The Kier molecular flexibility index (Phi) is 6.99. The van der Waals surface area contributed by atoms with Crippen LogP contribution in [0, 0.1) is 0 Å². The summed E-state index contributed by atoms with van der Waals surface area (Å²) in [7, 11) is 0. The molecule has 2 rings (SSSR count). The van der Waals surface area contributed by atoms with Gasteiger partial charge in [-0.1, -0.05) is 23.2 Å². The maximum atomic E-state index is 6.09. The molecule has 3 N–H and O–H groups in total. The molecule has 0 spiro atoms. The summed E-state index contributed by atoms with van der Waals surface area (Å²) in [5.41, 5.74) is 0.761. The quantitative estimate of drug-likeness (QED) is 0.558. The first kappa shape index (κ1) is 16.8. The highest BCUT2D eigenvalue weighted by Crippen LogP contribution is 2.25. The van der Waals surface area contributed by atoms with Crippen LogP contribution in [0.1, 0.15) is 6.42 Å². The van der Waals surface area contributed by atoms with Gasteiger partial charge in [0.25, 0.3) is 0 Å². The molecule has 0 aromatic heterocycles. The van der Waals surface area contributed by atoms with Crippen molar-refractivity contribution in [3.05, 3.63) is 28.2 Å². The standard InChI is InChI=1S/C14H19Cl2N3OS/c15-11-2-3-13(12(16)10-11)18-14(21)17-4-1-5-19-6-8-20-9-7-19/h2-3,10H,1,4-9H2,(H2,17,18,21)/p+1. The molecule has 1 aliphatic heterocycles. The number of nitrogens with one attached hydrogen (secondary N) is 3. The van der Waals surface area contributed by atoms with Crippen molar-refractivity contribution in [2.45, 2.75) is 6.42 Å². The number of thiocarbonyl (C=S) groups is 1. The summed E-state index contributed by atoms with van der Waals surface area (Å²) in [4.78, 5) is 1.60. The Morgan fingerprint density at radius 3 is 2.76 bits per heavy atom. The maximum Gasteiger partial charge on any atom is 0.170 e. The van der Waals surface area contributed by atoms with Crippen LogP contribution in [0.3, 0.4) is 0 Å². The van der Waals surface area contributed by atoms with E-state index < -0.39 is 0 Å². The molecule has 1 saturated heterocycles. The lowest BCUT2D eigenvalue weighted by Gasteiger charge is -2.23. The van der Waals surface area contributed by atoms with Gasteiger partial charge < -0.3 is 20.3 Å². The van der Waals surface area contributed by atoms with Gasteiger partial charge in [-0.2, -0.15) is 0 Å². The summed E-state index contributed by atoms with van der Waals surface area (Å²) in [5.74, 6) is 0. The number of rotatable bonds is 5. The highest BCUT2D eigenvalue weighted by atomic mass is 35.5. The Labute approximate surface area is 140 Å². The van der Waals surface area contributed by atoms with Crippen molar-refractivity contribution in [2.75, 3.05) is 44.7 Å². The van der Waals surface area contributed by atoms with E-state index in [2.05, 4.69) is 10.6 Å². The van der Waals surface area contributed by atoms with Gasteiger partial charge in [0.15, 0.2) is 5.11 Å². The monoisotopic (exact) mass is 348 g/mol. The fourth-order valence-corrected chi connectivity index (χ4v) is 2.88. The fraction of sp³-hybridized carbons (Fsp3) is 0.500. The zero-order valence-corrected chi connectivity index (χ0v) is 14.1. The maximum absolute atomic E-state index is 6.09. The molecular formula is C14H20Cl2N3OS+. The molecular weight excluding hydrogens is 329 g/mol. The Morgan fingerprint density at radius 2 is 2.05 bits per heavy atom. The fourth-order valence-electron chi connectivity index (χ4n) is 2.21. The van der Waals surface area contributed by atoms with E-state index in [-0.39, 0.29) is 0 Å². The first-order chi connectivity index (χ1) is 10.1. The summed E-state index contributed by atoms with van der Waals surface area (Å²) in [6.07, 6.45) is 1.07. The van der Waals surface area contributed by atoms with Crippen LogP contribution in [0.25, 0.3) is 0 Å². The number of hydrogen-bond acceptors (Lipinski definition) is 2. The second kappa shape index (κ2) is 8.76. The van der Waals surface area contributed by atoms with Gasteiger partial charge in [0, 0.05) is 18.0 Å². The minimum atomic E-state index is 0.560. The molecule has 7 heteroatoms. The van der Waals surface area contributed by atoms with Gasteiger partial charge in [0.05, 0.1) is 30.5 Å². The lowest BCUT2D eigenvalue weighted by molar-refractivity contribution is -0.908. The second-order valence-electron chi connectivity index (χ2n) is 4.97. The van der Waals surface area contributed by atoms with E-state index >= 15 is 0 Å². The van der Waals surface area contributed by atoms with Crippen molar-refractivity contribution in [1.29, 1.82) is 0 Å². The van der Waals surface area contributed by atoms with Crippen molar-refractivity contribution in [3.63, 3.8) is 0 Å². The number of benzene rings is 1. The largest absolute Gasteiger partial charge is 0.370 e. The van der Waals surface area contributed by atoms with Crippen molar-refractivity contribution in [3.8, 4) is 0 Å². The zero-order chi connectivity index (χ0) is 15.1. The molecule has 1 aromatic carbocycles. The molecule has 0 saturated carbocycles. The van der Waals surface area contributed by atoms with Gasteiger partial charge >= 0.3 is 0 Å². The smallest absolute Gasteiger partial charge is 0.170 e. The highest BCUT2D eigenvalue weighted by Gasteiger charge is 2.12. The lowest BCUT2D eigenvalue weighted by Crippen LogP contribution is -3.14. The van der Waals surface area contributed by atoms with Crippen LogP contribution in [-0.4, -0.2) is 44.5 Å². The summed E-state index contributed by atoms with van der Waals surface area (Å²) >= 11 is 17.2. The molecule has 1 fully saturated rings. The molecule has 21 heavy (non-hydrogen) atoms. The average molecular weight is 349 g/mol. The SMILES string of the molecule is S=C(NCCC[NH+]1CCOCC1)Nc1ccc(Cl)cc1Cl. The normalized spacial score (nSPS) is 15.7. The van der Waals surface area contributed by atoms with Crippen molar-refractivity contribution in [2.24, 2.45) is 0 Å². The molecule has 1 heterocycles. The number of ether oxygens (including phenoxy) is 1. The van der Waals surface area contributed by atoms with E-state index in [1.54, 1.807) is 17.0 Å². The Morgan fingerprint density at radius 1 is 1.29 bits per heavy atom. The van der Waals surface area contributed by atoms with Crippen molar-refractivity contribution < 1.29 is 9.64 Å². The Bertz CT molecular complexity index is 481. The van der Waals surface area contributed by atoms with Crippen LogP contribution in [0.4, 0.5) is 5.69 Å². The minimum absolute atomic E-state index is 0.560. The first-order valence-electron chi connectivity index (χ1n) is 7.06. The van der Waals surface area contributed by atoms with Crippen LogP contribution in [0.5, 0.6) is 0 Å².